The fourth-order valence-corrected chi connectivity index (χ4v) is 4.08. The highest BCUT2D eigenvalue weighted by atomic mass is 16.5. The zero-order valence-corrected chi connectivity index (χ0v) is 12.2. The highest BCUT2D eigenvalue weighted by Gasteiger charge is 2.53. The molecule has 104 valence electrons. The van der Waals surface area contributed by atoms with Crippen molar-refractivity contribution < 1.29 is 4.74 Å². The van der Waals surface area contributed by atoms with Gasteiger partial charge in [-0.1, -0.05) is 0 Å². The monoisotopic (exact) mass is 252 g/mol. The zero-order chi connectivity index (χ0) is 12.8. The minimum Gasteiger partial charge on any atom is -0.381 e. The van der Waals surface area contributed by atoms with E-state index in [9.17, 15) is 0 Å². The second-order valence-corrected chi connectivity index (χ2v) is 7.75. The molecule has 3 heteroatoms. The Hall–Kier alpha value is -0.120. The molecule has 1 N–H and O–H groups in total. The average Bonchev–Trinajstić information content (AvgIpc) is 2.19. The van der Waals surface area contributed by atoms with E-state index in [-0.39, 0.29) is 5.54 Å². The van der Waals surface area contributed by atoms with Gasteiger partial charge in [-0.15, -0.1) is 0 Å². The minimum absolute atomic E-state index is 0.274. The molecule has 0 aromatic carbocycles. The number of rotatable bonds is 2. The molecule has 1 spiro atoms. The molecule has 3 rings (SSSR count). The first kappa shape index (κ1) is 12.9. The number of hydrogen-bond donors (Lipinski definition) is 1. The molecule has 3 fully saturated rings. The van der Waals surface area contributed by atoms with E-state index >= 15 is 0 Å². The Bertz CT molecular complexity index is 290. The molecule has 0 bridgehead atoms. The summed E-state index contributed by atoms with van der Waals surface area (Å²) >= 11 is 0. The van der Waals surface area contributed by atoms with Crippen LogP contribution < -0.4 is 5.32 Å². The Morgan fingerprint density at radius 2 is 1.72 bits per heavy atom. The fraction of sp³-hybridized carbons (Fsp3) is 1.00. The molecule has 0 aromatic heterocycles. The second kappa shape index (κ2) is 4.46. The summed E-state index contributed by atoms with van der Waals surface area (Å²) in [6.45, 7) is 11.5. The zero-order valence-electron chi connectivity index (χ0n) is 12.2. The number of nitrogens with one attached hydrogen (secondary N) is 1. The first-order valence-corrected chi connectivity index (χ1v) is 7.55. The molecule has 0 atom stereocenters. The minimum atomic E-state index is 0.274. The highest BCUT2D eigenvalue weighted by Crippen LogP contribution is 2.50. The molecule has 18 heavy (non-hydrogen) atoms. The van der Waals surface area contributed by atoms with Crippen LogP contribution in [-0.4, -0.2) is 48.8 Å². The molecule has 0 radical (unpaired) electrons. The van der Waals surface area contributed by atoms with Crippen molar-refractivity contribution >= 4 is 0 Å². The van der Waals surface area contributed by atoms with Gasteiger partial charge in [0.25, 0.3) is 0 Å². The lowest BCUT2D eigenvalue weighted by molar-refractivity contribution is -0.118. The van der Waals surface area contributed by atoms with Gasteiger partial charge in [0.05, 0.1) is 0 Å². The number of nitrogens with zero attached hydrogens (tertiary/aromatic N) is 1. The van der Waals surface area contributed by atoms with Crippen molar-refractivity contribution in [3.05, 3.63) is 0 Å². The summed E-state index contributed by atoms with van der Waals surface area (Å²) in [7, 11) is 0. The number of ether oxygens (including phenoxy) is 1. The van der Waals surface area contributed by atoms with Crippen LogP contribution in [0.1, 0.15) is 46.5 Å². The fourth-order valence-electron chi connectivity index (χ4n) is 4.08. The van der Waals surface area contributed by atoms with Crippen LogP contribution in [0.3, 0.4) is 0 Å². The standard InChI is InChI=1S/C15H28N2O/c1-14(2,3)16-12-8-15(9-12)10-17(11-15)13-4-6-18-7-5-13/h12-13,16H,4-11H2,1-3H3. The van der Waals surface area contributed by atoms with Gasteiger partial charge in [0.15, 0.2) is 0 Å². The maximum absolute atomic E-state index is 5.45. The van der Waals surface area contributed by atoms with E-state index in [0.717, 1.165) is 25.3 Å². The van der Waals surface area contributed by atoms with Crippen LogP contribution in [0.15, 0.2) is 0 Å². The summed E-state index contributed by atoms with van der Waals surface area (Å²) in [6, 6.07) is 1.58. The lowest BCUT2D eigenvalue weighted by Gasteiger charge is -2.62. The van der Waals surface area contributed by atoms with E-state index in [1.807, 2.05) is 0 Å². The lowest BCUT2D eigenvalue weighted by Crippen LogP contribution is -2.69. The molecule has 2 aliphatic heterocycles. The maximum Gasteiger partial charge on any atom is 0.0480 e. The molecule has 0 aromatic rings. The van der Waals surface area contributed by atoms with Crippen molar-refractivity contribution in [2.24, 2.45) is 5.41 Å². The van der Waals surface area contributed by atoms with Gasteiger partial charge < -0.3 is 10.1 Å². The predicted molar refractivity (Wildman–Crippen MR) is 73.8 cm³/mol. The molecule has 1 aliphatic carbocycles. The van der Waals surface area contributed by atoms with Crippen molar-refractivity contribution in [1.82, 2.24) is 10.2 Å². The highest BCUT2D eigenvalue weighted by molar-refractivity contribution is 5.09. The summed E-state index contributed by atoms with van der Waals surface area (Å²) < 4.78 is 5.45. The molecule has 3 aliphatic rings. The van der Waals surface area contributed by atoms with E-state index in [0.29, 0.717) is 5.41 Å². The third-order valence-electron chi connectivity index (χ3n) is 4.78. The molecule has 0 amide bonds. The predicted octanol–water partition coefficient (Wildman–Crippen LogP) is 2.02. The van der Waals surface area contributed by atoms with Gasteiger partial charge in [-0.3, -0.25) is 4.90 Å². The SMILES string of the molecule is CC(C)(C)NC1CC2(C1)CN(C1CCOCC1)C2. The van der Waals surface area contributed by atoms with Crippen LogP contribution >= 0.6 is 0 Å². The van der Waals surface area contributed by atoms with Crippen molar-refractivity contribution in [1.29, 1.82) is 0 Å². The molecular weight excluding hydrogens is 224 g/mol. The summed E-state index contributed by atoms with van der Waals surface area (Å²) in [5, 5.41) is 3.73. The van der Waals surface area contributed by atoms with Crippen molar-refractivity contribution in [2.75, 3.05) is 26.3 Å². The van der Waals surface area contributed by atoms with Gasteiger partial charge in [0.1, 0.15) is 0 Å². The first-order valence-electron chi connectivity index (χ1n) is 7.55. The normalized spacial score (nSPS) is 30.2. The van der Waals surface area contributed by atoms with E-state index in [1.165, 1.54) is 38.8 Å². The molecule has 3 nitrogen and oxygen atoms in total. The summed E-state index contributed by atoms with van der Waals surface area (Å²) in [6.07, 6.45) is 5.29. The van der Waals surface area contributed by atoms with Crippen molar-refractivity contribution in [3.8, 4) is 0 Å². The molecule has 1 saturated carbocycles. The summed E-state index contributed by atoms with van der Waals surface area (Å²) in [4.78, 5) is 2.70. The van der Waals surface area contributed by atoms with Crippen LogP contribution in [0, 0.1) is 5.41 Å². The topological polar surface area (TPSA) is 24.5 Å². The molecule has 2 heterocycles. The maximum atomic E-state index is 5.45. The third kappa shape index (κ3) is 2.59. The Balaban J connectivity index is 1.41. The smallest absolute Gasteiger partial charge is 0.0480 e. The van der Waals surface area contributed by atoms with E-state index < -0.39 is 0 Å². The van der Waals surface area contributed by atoms with E-state index in [2.05, 4.69) is 31.0 Å². The Kier molecular flexibility index (Phi) is 3.20. The van der Waals surface area contributed by atoms with Gasteiger partial charge in [-0.05, 0) is 51.9 Å². The van der Waals surface area contributed by atoms with Gasteiger partial charge in [0, 0.05) is 43.9 Å². The van der Waals surface area contributed by atoms with Gasteiger partial charge in [-0.2, -0.15) is 0 Å². The second-order valence-electron chi connectivity index (χ2n) is 7.75. The number of hydrogen-bond acceptors (Lipinski definition) is 3. The van der Waals surface area contributed by atoms with Gasteiger partial charge in [-0.25, -0.2) is 0 Å². The molecular formula is C15H28N2O. The first-order chi connectivity index (χ1) is 8.46. The summed E-state index contributed by atoms with van der Waals surface area (Å²) in [5.41, 5.74) is 0.956. The molecule has 2 saturated heterocycles. The van der Waals surface area contributed by atoms with Crippen molar-refractivity contribution in [3.63, 3.8) is 0 Å². The van der Waals surface area contributed by atoms with Crippen LogP contribution in [-0.2, 0) is 4.74 Å². The van der Waals surface area contributed by atoms with E-state index in [1.54, 1.807) is 0 Å². The quantitative estimate of drug-likeness (QED) is 0.814. The average molecular weight is 252 g/mol. The van der Waals surface area contributed by atoms with Gasteiger partial charge >= 0.3 is 0 Å². The van der Waals surface area contributed by atoms with Gasteiger partial charge in [0.2, 0.25) is 0 Å². The van der Waals surface area contributed by atoms with E-state index in [4.69, 9.17) is 4.74 Å². The Morgan fingerprint density at radius 1 is 1.11 bits per heavy atom. The van der Waals surface area contributed by atoms with Crippen LogP contribution in [0.25, 0.3) is 0 Å². The molecule has 0 unspecified atom stereocenters. The van der Waals surface area contributed by atoms with Crippen molar-refractivity contribution in [2.45, 2.75) is 64.1 Å². The Labute approximate surface area is 111 Å². The lowest BCUT2D eigenvalue weighted by atomic mass is 9.60. The largest absolute Gasteiger partial charge is 0.381 e. The van der Waals surface area contributed by atoms with Crippen LogP contribution in [0.2, 0.25) is 0 Å². The summed E-state index contributed by atoms with van der Waals surface area (Å²) in [5.74, 6) is 0. The number of likely N-dealkylation sites (tertiary alicyclic amines) is 1. The van der Waals surface area contributed by atoms with Crippen LogP contribution in [0.4, 0.5) is 0 Å². The third-order valence-corrected chi connectivity index (χ3v) is 4.78. The van der Waals surface area contributed by atoms with Crippen LogP contribution in [0.5, 0.6) is 0 Å². The Morgan fingerprint density at radius 3 is 2.28 bits per heavy atom.